The molecule has 0 aliphatic carbocycles. The van der Waals surface area contributed by atoms with Gasteiger partial charge in [0.25, 0.3) is 0 Å². The van der Waals surface area contributed by atoms with E-state index in [-0.39, 0.29) is 23.7 Å². The lowest BCUT2D eigenvalue weighted by Gasteiger charge is -2.07. The first kappa shape index (κ1) is 16.5. The number of anilines is 1. The first-order valence-electron chi connectivity index (χ1n) is 7.16. The monoisotopic (exact) mass is 316 g/mol. The number of nitrogens with zero attached hydrogens (tertiary/aromatic N) is 3. The maximum absolute atomic E-state index is 14.3. The molecule has 0 radical (unpaired) electrons. The van der Waals surface area contributed by atoms with Crippen LogP contribution in [0.5, 0.6) is 0 Å². The van der Waals surface area contributed by atoms with Crippen LogP contribution in [0.2, 0.25) is 0 Å². The van der Waals surface area contributed by atoms with E-state index in [0.29, 0.717) is 17.7 Å². The van der Waals surface area contributed by atoms with E-state index in [1.165, 1.54) is 24.7 Å². The Hall–Kier alpha value is -2.83. The number of hydrogen-bond donors (Lipinski definition) is 1. The zero-order chi connectivity index (χ0) is 16.8. The van der Waals surface area contributed by atoms with Crippen LogP contribution in [0.3, 0.4) is 0 Å². The van der Waals surface area contributed by atoms with Crippen molar-refractivity contribution in [1.29, 1.82) is 0 Å². The van der Waals surface area contributed by atoms with E-state index in [9.17, 15) is 9.18 Å². The van der Waals surface area contributed by atoms with Gasteiger partial charge in [-0.05, 0) is 31.1 Å². The van der Waals surface area contributed by atoms with Crippen molar-refractivity contribution >= 4 is 23.8 Å². The van der Waals surface area contributed by atoms with Crippen molar-refractivity contribution in [1.82, 2.24) is 15.0 Å². The number of rotatable bonds is 5. The number of ether oxygens (including phenoxy) is 1. The standard InChI is InChI=1S/C16H17FN4O2/c1-3-14-10(5-11(7-19-14)15(22)23-4-2)6-13(17)12-8-20-16(18)21-9-12/h5-9H,3-4H2,1-2H3,(H2,18,20,21)/b13-6-. The molecule has 23 heavy (non-hydrogen) atoms. The van der Waals surface area contributed by atoms with Crippen LogP contribution in [0.1, 0.15) is 41.0 Å². The molecule has 0 aliphatic heterocycles. The summed E-state index contributed by atoms with van der Waals surface area (Å²) >= 11 is 0. The molecule has 2 rings (SSSR count). The second kappa shape index (κ2) is 7.44. The molecule has 120 valence electrons. The molecule has 0 amide bonds. The summed E-state index contributed by atoms with van der Waals surface area (Å²) in [5, 5.41) is 0. The van der Waals surface area contributed by atoms with Crippen LogP contribution in [0.4, 0.5) is 10.3 Å². The average molecular weight is 316 g/mol. The Morgan fingerprint density at radius 2 is 1.87 bits per heavy atom. The summed E-state index contributed by atoms with van der Waals surface area (Å²) in [7, 11) is 0. The number of pyridine rings is 1. The molecule has 0 bridgehead atoms. The van der Waals surface area contributed by atoms with E-state index in [2.05, 4.69) is 15.0 Å². The molecule has 6 nitrogen and oxygen atoms in total. The van der Waals surface area contributed by atoms with Crippen LogP contribution in [-0.4, -0.2) is 27.5 Å². The minimum Gasteiger partial charge on any atom is -0.462 e. The van der Waals surface area contributed by atoms with Gasteiger partial charge < -0.3 is 10.5 Å². The van der Waals surface area contributed by atoms with Crippen molar-refractivity contribution in [3.63, 3.8) is 0 Å². The molecule has 2 aromatic heterocycles. The van der Waals surface area contributed by atoms with Gasteiger partial charge in [0, 0.05) is 29.8 Å². The third-order valence-electron chi connectivity index (χ3n) is 3.08. The van der Waals surface area contributed by atoms with Crippen LogP contribution in [0.15, 0.2) is 24.7 Å². The summed E-state index contributed by atoms with van der Waals surface area (Å²) in [5.74, 6) is -0.960. The lowest BCUT2D eigenvalue weighted by Crippen LogP contribution is -2.06. The van der Waals surface area contributed by atoms with Gasteiger partial charge in [0.2, 0.25) is 5.95 Å². The summed E-state index contributed by atoms with van der Waals surface area (Å²) < 4.78 is 19.3. The first-order valence-corrected chi connectivity index (χ1v) is 7.16. The summed E-state index contributed by atoms with van der Waals surface area (Å²) in [5.41, 5.74) is 7.03. The molecule has 7 heteroatoms. The van der Waals surface area contributed by atoms with Gasteiger partial charge in [-0.2, -0.15) is 0 Å². The van der Waals surface area contributed by atoms with Crippen molar-refractivity contribution in [3.05, 3.63) is 47.0 Å². The van der Waals surface area contributed by atoms with Gasteiger partial charge in [0.15, 0.2) is 0 Å². The van der Waals surface area contributed by atoms with E-state index in [1.807, 2.05) is 6.92 Å². The highest BCUT2D eigenvalue weighted by Gasteiger charge is 2.11. The Labute approximate surface area is 133 Å². The predicted octanol–water partition coefficient (Wildman–Crippen LogP) is 2.66. The van der Waals surface area contributed by atoms with Crippen molar-refractivity contribution in [2.24, 2.45) is 0 Å². The second-order valence-electron chi connectivity index (χ2n) is 4.66. The number of esters is 1. The molecule has 0 aliphatic rings. The Morgan fingerprint density at radius 1 is 1.22 bits per heavy atom. The molecular formula is C16H17FN4O2. The number of aromatic nitrogens is 3. The molecule has 0 saturated heterocycles. The predicted molar refractivity (Wildman–Crippen MR) is 85.0 cm³/mol. The van der Waals surface area contributed by atoms with Crippen LogP contribution >= 0.6 is 0 Å². The van der Waals surface area contributed by atoms with Gasteiger partial charge in [-0.25, -0.2) is 19.2 Å². The quantitative estimate of drug-likeness (QED) is 0.853. The fourth-order valence-electron chi connectivity index (χ4n) is 1.94. The molecule has 2 aromatic rings. The molecule has 2 N–H and O–H groups in total. The fourth-order valence-corrected chi connectivity index (χ4v) is 1.94. The maximum atomic E-state index is 14.3. The average Bonchev–Trinajstić information content (AvgIpc) is 2.55. The van der Waals surface area contributed by atoms with Gasteiger partial charge in [0.1, 0.15) is 5.83 Å². The molecular weight excluding hydrogens is 299 g/mol. The number of aryl methyl sites for hydroxylation is 1. The largest absolute Gasteiger partial charge is 0.462 e. The van der Waals surface area contributed by atoms with Crippen LogP contribution in [0.25, 0.3) is 11.9 Å². The normalized spacial score (nSPS) is 11.3. The maximum Gasteiger partial charge on any atom is 0.339 e. The topological polar surface area (TPSA) is 91.0 Å². The second-order valence-corrected chi connectivity index (χ2v) is 4.66. The SMILES string of the molecule is CCOC(=O)c1cnc(CC)c(/C=C(\F)c2cnc(N)nc2)c1. The lowest BCUT2D eigenvalue weighted by molar-refractivity contribution is 0.0526. The van der Waals surface area contributed by atoms with Gasteiger partial charge in [-0.3, -0.25) is 4.98 Å². The third-order valence-corrected chi connectivity index (χ3v) is 3.08. The highest BCUT2D eigenvalue weighted by atomic mass is 19.1. The number of nitrogens with two attached hydrogens (primary N) is 1. The Balaban J connectivity index is 2.39. The van der Waals surface area contributed by atoms with Crippen LogP contribution in [-0.2, 0) is 11.2 Å². The molecule has 0 fully saturated rings. The van der Waals surface area contributed by atoms with E-state index >= 15 is 0 Å². The fraction of sp³-hybridized carbons (Fsp3) is 0.250. The number of carbonyl (C=O) groups excluding carboxylic acids is 1. The van der Waals surface area contributed by atoms with E-state index in [4.69, 9.17) is 10.5 Å². The van der Waals surface area contributed by atoms with E-state index in [0.717, 1.165) is 0 Å². The molecule has 2 heterocycles. The number of halogens is 1. The molecule has 0 spiro atoms. The highest BCUT2D eigenvalue weighted by molar-refractivity contribution is 5.90. The van der Waals surface area contributed by atoms with Gasteiger partial charge >= 0.3 is 5.97 Å². The number of hydrogen-bond acceptors (Lipinski definition) is 6. The first-order chi connectivity index (χ1) is 11.0. The van der Waals surface area contributed by atoms with Crippen LogP contribution < -0.4 is 5.73 Å². The van der Waals surface area contributed by atoms with E-state index < -0.39 is 11.8 Å². The minimum atomic E-state index is -0.539. The molecule has 0 aromatic carbocycles. The Kier molecular flexibility index (Phi) is 5.35. The van der Waals surface area contributed by atoms with Crippen molar-refractivity contribution in [2.75, 3.05) is 12.3 Å². The van der Waals surface area contributed by atoms with Crippen molar-refractivity contribution in [2.45, 2.75) is 20.3 Å². The highest BCUT2D eigenvalue weighted by Crippen LogP contribution is 2.21. The zero-order valence-electron chi connectivity index (χ0n) is 12.9. The number of nitrogen functional groups attached to an aromatic ring is 1. The summed E-state index contributed by atoms with van der Waals surface area (Å²) in [6.45, 7) is 3.87. The van der Waals surface area contributed by atoms with Crippen LogP contribution in [0, 0.1) is 0 Å². The van der Waals surface area contributed by atoms with Crippen molar-refractivity contribution < 1.29 is 13.9 Å². The third kappa shape index (κ3) is 4.09. The minimum absolute atomic E-state index is 0.0711. The van der Waals surface area contributed by atoms with Gasteiger partial charge in [0.05, 0.1) is 12.2 Å². The summed E-state index contributed by atoms with van der Waals surface area (Å²) in [6.07, 6.45) is 5.91. The Morgan fingerprint density at radius 3 is 2.48 bits per heavy atom. The molecule has 0 saturated carbocycles. The van der Waals surface area contributed by atoms with Gasteiger partial charge in [-0.15, -0.1) is 0 Å². The molecule has 0 atom stereocenters. The Bertz CT molecular complexity index is 729. The zero-order valence-corrected chi connectivity index (χ0v) is 12.9. The summed E-state index contributed by atoms with van der Waals surface area (Å²) in [4.78, 5) is 23.5. The summed E-state index contributed by atoms with van der Waals surface area (Å²) in [6, 6.07) is 1.56. The lowest BCUT2D eigenvalue weighted by atomic mass is 10.1. The van der Waals surface area contributed by atoms with E-state index in [1.54, 1.807) is 13.0 Å². The van der Waals surface area contributed by atoms with Gasteiger partial charge in [-0.1, -0.05) is 6.92 Å². The molecule has 0 unspecified atom stereocenters. The van der Waals surface area contributed by atoms with Crippen molar-refractivity contribution in [3.8, 4) is 0 Å². The smallest absolute Gasteiger partial charge is 0.339 e. The number of carbonyl (C=O) groups is 1.